The second kappa shape index (κ2) is 8.42. The van der Waals surface area contributed by atoms with Crippen molar-refractivity contribution in [3.8, 4) is 0 Å². The van der Waals surface area contributed by atoms with E-state index >= 15 is 0 Å². The standard InChI is InChI=1S/C19H25FN4O2/c1-14-11-17(26-22-14)13-23-7-9-24(10-8-23)15(2)19(25)21-12-16-5-3-4-6-18(16)20/h3-6,11,15H,7-10,12-13H2,1-2H3,(H,21,25). The van der Waals surface area contributed by atoms with Crippen LogP contribution in [0.25, 0.3) is 0 Å². The molecule has 7 heteroatoms. The fourth-order valence-electron chi connectivity index (χ4n) is 3.16. The molecule has 1 unspecified atom stereocenters. The van der Waals surface area contributed by atoms with Gasteiger partial charge in [-0.3, -0.25) is 14.6 Å². The molecule has 26 heavy (non-hydrogen) atoms. The summed E-state index contributed by atoms with van der Waals surface area (Å²) in [5, 5.41) is 6.74. The second-order valence-electron chi connectivity index (χ2n) is 6.73. The number of hydrogen-bond donors (Lipinski definition) is 1. The van der Waals surface area contributed by atoms with Crippen molar-refractivity contribution >= 4 is 5.91 Å². The number of carbonyl (C=O) groups excluding carboxylic acids is 1. The molecule has 1 aliphatic rings. The van der Waals surface area contributed by atoms with E-state index < -0.39 is 0 Å². The van der Waals surface area contributed by atoms with Gasteiger partial charge in [0.2, 0.25) is 5.91 Å². The lowest BCUT2D eigenvalue weighted by Crippen LogP contribution is -2.53. The van der Waals surface area contributed by atoms with Crippen LogP contribution in [0.4, 0.5) is 4.39 Å². The number of amides is 1. The van der Waals surface area contributed by atoms with Crippen molar-refractivity contribution in [2.45, 2.75) is 33.0 Å². The Bertz CT molecular complexity index is 741. The molecule has 2 aromatic rings. The lowest BCUT2D eigenvalue weighted by Gasteiger charge is -2.37. The molecular formula is C19H25FN4O2. The molecule has 0 saturated carbocycles. The van der Waals surface area contributed by atoms with Crippen molar-refractivity contribution in [3.63, 3.8) is 0 Å². The number of nitrogens with one attached hydrogen (secondary N) is 1. The molecule has 2 heterocycles. The average Bonchev–Trinajstić information content (AvgIpc) is 3.05. The molecule has 0 spiro atoms. The van der Waals surface area contributed by atoms with Gasteiger partial charge in [-0.05, 0) is 19.9 Å². The highest BCUT2D eigenvalue weighted by atomic mass is 19.1. The third kappa shape index (κ3) is 4.68. The predicted molar refractivity (Wildman–Crippen MR) is 95.8 cm³/mol. The summed E-state index contributed by atoms with van der Waals surface area (Å²) in [5.41, 5.74) is 1.39. The van der Waals surface area contributed by atoms with E-state index in [0.29, 0.717) is 5.56 Å². The van der Waals surface area contributed by atoms with Crippen LogP contribution in [0.15, 0.2) is 34.9 Å². The number of halogens is 1. The molecule has 1 saturated heterocycles. The van der Waals surface area contributed by atoms with Gasteiger partial charge < -0.3 is 9.84 Å². The maximum atomic E-state index is 13.6. The molecule has 1 aliphatic heterocycles. The molecule has 1 aromatic heterocycles. The first-order valence-corrected chi connectivity index (χ1v) is 8.92. The molecule has 0 bridgehead atoms. The summed E-state index contributed by atoms with van der Waals surface area (Å²) in [4.78, 5) is 16.8. The van der Waals surface area contributed by atoms with Gasteiger partial charge in [-0.15, -0.1) is 0 Å². The second-order valence-corrected chi connectivity index (χ2v) is 6.73. The number of hydrogen-bond acceptors (Lipinski definition) is 5. The minimum absolute atomic E-state index is 0.0763. The minimum atomic E-state index is -0.295. The summed E-state index contributed by atoms with van der Waals surface area (Å²) in [6.45, 7) is 8.10. The smallest absolute Gasteiger partial charge is 0.237 e. The number of carbonyl (C=O) groups is 1. The molecule has 1 fully saturated rings. The molecule has 0 aliphatic carbocycles. The van der Waals surface area contributed by atoms with Crippen LogP contribution in [0, 0.1) is 12.7 Å². The van der Waals surface area contributed by atoms with Crippen LogP contribution in [0.5, 0.6) is 0 Å². The van der Waals surface area contributed by atoms with Gasteiger partial charge in [0.15, 0.2) is 5.76 Å². The number of rotatable bonds is 6. The Hall–Kier alpha value is -2.25. The quantitative estimate of drug-likeness (QED) is 0.853. The van der Waals surface area contributed by atoms with Gasteiger partial charge in [0.05, 0.1) is 18.3 Å². The number of aromatic nitrogens is 1. The SMILES string of the molecule is Cc1cc(CN2CCN(C(C)C(=O)NCc3ccccc3F)CC2)on1. The van der Waals surface area contributed by atoms with Crippen molar-refractivity contribution in [2.24, 2.45) is 0 Å². The summed E-state index contributed by atoms with van der Waals surface area (Å²) < 4.78 is 18.9. The monoisotopic (exact) mass is 360 g/mol. The predicted octanol–water partition coefficient (Wildman–Crippen LogP) is 1.94. The third-order valence-corrected chi connectivity index (χ3v) is 4.80. The minimum Gasteiger partial charge on any atom is -0.360 e. The maximum Gasteiger partial charge on any atom is 0.237 e. The fraction of sp³-hybridized carbons (Fsp3) is 0.474. The Morgan fingerprint density at radius 1 is 1.31 bits per heavy atom. The first kappa shape index (κ1) is 18.5. The summed E-state index contributed by atoms with van der Waals surface area (Å²) in [7, 11) is 0. The zero-order chi connectivity index (χ0) is 18.5. The van der Waals surface area contributed by atoms with E-state index in [1.54, 1.807) is 18.2 Å². The Kier molecular flexibility index (Phi) is 6.00. The van der Waals surface area contributed by atoms with Crippen LogP contribution in [0.1, 0.15) is 23.9 Å². The van der Waals surface area contributed by atoms with Crippen molar-refractivity contribution in [2.75, 3.05) is 26.2 Å². The van der Waals surface area contributed by atoms with Gasteiger partial charge in [0.1, 0.15) is 5.82 Å². The highest BCUT2D eigenvalue weighted by Crippen LogP contribution is 2.12. The lowest BCUT2D eigenvalue weighted by molar-refractivity contribution is -0.126. The van der Waals surface area contributed by atoms with Crippen LogP contribution in [-0.2, 0) is 17.9 Å². The summed E-state index contributed by atoms with van der Waals surface area (Å²) in [5.74, 6) is 0.496. The van der Waals surface area contributed by atoms with Crippen LogP contribution in [0.2, 0.25) is 0 Å². The molecule has 0 radical (unpaired) electrons. The Morgan fingerprint density at radius 2 is 2.04 bits per heavy atom. The summed E-state index contributed by atoms with van der Waals surface area (Å²) in [6, 6.07) is 8.21. The van der Waals surface area contributed by atoms with Gasteiger partial charge in [0.25, 0.3) is 0 Å². The van der Waals surface area contributed by atoms with E-state index in [-0.39, 0.29) is 24.3 Å². The highest BCUT2D eigenvalue weighted by molar-refractivity contribution is 5.81. The van der Waals surface area contributed by atoms with Crippen LogP contribution < -0.4 is 5.32 Å². The number of aryl methyl sites for hydroxylation is 1. The zero-order valence-corrected chi connectivity index (χ0v) is 15.2. The van der Waals surface area contributed by atoms with Gasteiger partial charge in [-0.2, -0.15) is 0 Å². The molecule has 1 N–H and O–H groups in total. The van der Waals surface area contributed by atoms with Crippen molar-refractivity contribution in [3.05, 3.63) is 53.2 Å². The van der Waals surface area contributed by atoms with E-state index in [9.17, 15) is 9.18 Å². The summed E-state index contributed by atoms with van der Waals surface area (Å²) in [6.07, 6.45) is 0. The van der Waals surface area contributed by atoms with Crippen LogP contribution in [-0.4, -0.2) is 53.1 Å². The number of nitrogens with zero attached hydrogens (tertiary/aromatic N) is 3. The molecule has 1 atom stereocenters. The first-order chi connectivity index (χ1) is 12.5. The largest absolute Gasteiger partial charge is 0.360 e. The number of benzene rings is 1. The Morgan fingerprint density at radius 3 is 2.69 bits per heavy atom. The van der Waals surface area contributed by atoms with Gasteiger partial charge in [-0.25, -0.2) is 4.39 Å². The molecule has 1 amide bonds. The van der Waals surface area contributed by atoms with E-state index in [1.807, 2.05) is 19.9 Å². The van der Waals surface area contributed by atoms with Crippen LogP contribution >= 0.6 is 0 Å². The average molecular weight is 360 g/mol. The Labute approximate surface area is 152 Å². The highest BCUT2D eigenvalue weighted by Gasteiger charge is 2.26. The van der Waals surface area contributed by atoms with E-state index in [1.165, 1.54) is 6.07 Å². The first-order valence-electron chi connectivity index (χ1n) is 8.92. The molecule has 3 rings (SSSR count). The Balaban J connectivity index is 1.44. The topological polar surface area (TPSA) is 61.6 Å². The van der Waals surface area contributed by atoms with E-state index in [2.05, 4.69) is 20.3 Å². The third-order valence-electron chi connectivity index (χ3n) is 4.80. The van der Waals surface area contributed by atoms with Crippen LogP contribution in [0.3, 0.4) is 0 Å². The zero-order valence-electron chi connectivity index (χ0n) is 15.2. The van der Waals surface area contributed by atoms with Gasteiger partial charge >= 0.3 is 0 Å². The number of piperazine rings is 1. The molecular weight excluding hydrogens is 335 g/mol. The fourth-order valence-corrected chi connectivity index (χ4v) is 3.16. The molecule has 140 valence electrons. The normalized spacial score (nSPS) is 17.2. The summed E-state index contributed by atoms with van der Waals surface area (Å²) >= 11 is 0. The van der Waals surface area contributed by atoms with Gasteiger partial charge in [-0.1, -0.05) is 23.4 Å². The maximum absolute atomic E-state index is 13.6. The van der Waals surface area contributed by atoms with Crippen molar-refractivity contribution in [1.82, 2.24) is 20.3 Å². The van der Waals surface area contributed by atoms with Crippen molar-refractivity contribution in [1.29, 1.82) is 0 Å². The van der Waals surface area contributed by atoms with E-state index in [0.717, 1.165) is 44.2 Å². The lowest BCUT2D eigenvalue weighted by atomic mass is 10.2. The van der Waals surface area contributed by atoms with E-state index in [4.69, 9.17) is 4.52 Å². The van der Waals surface area contributed by atoms with Gasteiger partial charge in [0, 0.05) is 44.4 Å². The molecule has 1 aromatic carbocycles. The van der Waals surface area contributed by atoms with Crippen molar-refractivity contribution < 1.29 is 13.7 Å². The molecule has 6 nitrogen and oxygen atoms in total.